The summed E-state index contributed by atoms with van der Waals surface area (Å²) in [6.45, 7) is 0. The van der Waals surface area contributed by atoms with Gasteiger partial charge in [-0.1, -0.05) is 0 Å². The Morgan fingerprint density at radius 3 is 0.583 bits per heavy atom. The van der Waals surface area contributed by atoms with Crippen molar-refractivity contribution in [2.24, 2.45) is 0 Å². The molecule has 0 unspecified atom stereocenters. The molecule has 0 rings (SSSR count). The summed E-state index contributed by atoms with van der Waals surface area (Å²) in [5.74, 6) is 0. The topological polar surface area (TPSA) is 86.2 Å². The van der Waals surface area contributed by atoms with Crippen LogP contribution in [0.5, 0.6) is 0 Å². The molecule has 12 heteroatoms. The number of hydrogen-bond donors (Lipinski definition) is 0. The predicted molar refractivity (Wildman–Crippen MR) is 7.61 cm³/mol. The predicted octanol–water partition coefficient (Wildman–Crippen LogP) is -23.8. The van der Waals surface area contributed by atoms with Gasteiger partial charge in [0.15, 0.2) is 0 Å². The summed E-state index contributed by atoms with van der Waals surface area (Å²) in [4.78, 5) is 25.6. The van der Waals surface area contributed by atoms with Crippen molar-refractivity contribution in [2.45, 2.75) is 0 Å². The van der Waals surface area contributed by atoms with E-state index < -0.39 is 7.82 Å². The summed E-state index contributed by atoms with van der Waals surface area (Å²) >= 11 is 0. The van der Waals surface area contributed by atoms with Crippen molar-refractivity contribution in [1.82, 2.24) is 0 Å². The standard InChI is InChI=1S/7Na.H3O4P/c;;;;;;;1-5(2,3)4/h;;;;;;;(H3,1,2,3,4)/q7*+1;/p-3. The maximum atomic E-state index is 8.55. The molecule has 0 amide bonds. The van der Waals surface area contributed by atoms with Gasteiger partial charge in [0.2, 0.25) is 0 Å². The van der Waals surface area contributed by atoms with Gasteiger partial charge in [-0.05, 0) is 0 Å². The van der Waals surface area contributed by atoms with Crippen molar-refractivity contribution < 1.29 is 226 Å². The molecule has 0 N–H and O–H groups in total. The van der Waals surface area contributed by atoms with Crippen LogP contribution in [0.15, 0.2) is 0 Å². The molecule has 0 spiro atoms. The third kappa shape index (κ3) is 87.8. The fourth-order valence-electron chi connectivity index (χ4n) is 0. The largest absolute Gasteiger partial charge is 1.00 e. The number of rotatable bonds is 0. The zero-order valence-corrected chi connectivity index (χ0v) is 24.0. The van der Waals surface area contributed by atoms with Crippen LogP contribution in [0.3, 0.4) is 0 Å². The number of hydrogen-bond acceptors (Lipinski definition) is 4. The van der Waals surface area contributed by atoms with Gasteiger partial charge >= 0.3 is 207 Å². The summed E-state index contributed by atoms with van der Waals surface area (Å²) in [6, 6.07) is 0. The van der Waals surface area contributed by atoms with Gasteiger partial charge < -0.3 is 19.2 Å². The van der Waals surface area contributed by atoms with E-state index in [2.05, 4.69) is 0 Å². The molecule has 4 nitrogen and oxygen atoms in total. The molecule has 0 atom stereocenters. The molecule has 0 aliphatic heterocycles. The van der Waals surface area contributed by atoms with Gasteiger partial charge in [0, 0.05) is 0 Å². The van der Waals surface area contributed by atoms with Crippen molar-refractivity contribution in [3.8, 4) is 0 Å². The van der Waals surface area contributed by atoms with Gasteiger partial charge in [-0.2, -0.15) is 7.82 Å². The van der Waals surface area contributed by atoms with Crippen LogP contribution in [0.25, 0.3) is 0 Å². The second-order valence-electron chi connectivity index (χ2n) is 0.447. The van der Waals surface area contributed by atoms with Crippen LogP contribution >= 0.6 is 7.82 Å². The molecule has 0 saturated heterocycles. The Balaban J connectivity index is -0.00000000381. The molecule has 0 radical (unpaired) electrons. The summed E-state index contributed by atoms with van der Waals surface area (Å²) in [5.41, 5.74) is 0. The quantitative estimate of drug-likeness (QED) is 0.318. The molecule has 0 aromatic rings. The van der Waals surface area contributed by atoms with Crippen molar-refractivity contribution in [3.05, 3.63) is 0 Å². The Bertz CT molecular complexity index is 61.5. The van der Waals surface area contributed by atoms with E-state index in [9.17, 15) is 0 Å². The first-order valence-electron chi connectivity index (χ1n) is 0.730. The van der Waals surface area contributed by atoms with Crippen LogP contribution in [0.1, 0.15) is 0 Å². The van der Waals surface area contributed by atoms with Crippen molar-refractivity contribution >= 4 is 7.82 Å². The summed E-state index contributed by atoms with van der Waals surface area (Å²) < 4.78 is 8.55. The summed E-state index contributed by atoms with van der Waals surface area (Å²) in [5, 5.41) is 0. The van der Waals surface area contributed by atoms with Crippen LogP contribution in [0, 0.1) is 0 Å². The van der Waals surface area contributed by atoms with E-state index in [-0.39, 0.29) is 207 Å². The van der Waals surface area contributed by atoms with Crippen LogP contribution in [-0.2, 0) is 4.57 Å². The third-order valence-corrected chi connectivity index (χ3v) is 0. The minimum absolute atomic E-state index is 0. The van der Waals surface area contributed by atoms with Crippen LogP contribution in [0.2, 0.25) is 0 Å². The van der Waals surface area contributed by atoms with Gasteiger partial charge in [0.1, 0.15) is 0 Å². The van der Waals surface area contributed by atoms with E-state index in [1.807, 2.05) is 0 Å². The first kappa shape index (κ1) is 50.8. The molecule has 0 aromatic heterocycles. The zero-order chi connectivity index (χ0) is 4.50. The van der Waals surface area contributed by atoms with Crippen LogP contribution in [0.4, 0.5) is 0 Å². The Hall–Kier alpha value is 7.11. The Morgan fingerprint density at radius 2 is 0.583 bits per heavy atom. The first-order chi connectivity index (χ1) is 2.00. The van der Waals surface area contributed by atoms with E-state index in [1.165, 1.54) is 0 Å². The monoisotopic (exact) mass is 256 g/mol. The zero-order valence-electron chi connectivity index (χ0n) is 9.08. The van der Waals surface area contributed by atoms with Crippen molar-refractivity contribution in [2.75, 3.05) is 0 Å². The minimum atomic E-state index is -5.39. The van der Waals surface area contributed by atoms with E-state index in [4.69, 9.17) is 19.2 Å². The molecule has 0 aliphatic rings. The molecule has 0 aromatic carbocycles. The molecule has 12 heavy (non-hydrogen) atoms. The molecule has 0 aliphatic carbocycles. The van der Waals surface area contributed by atoms with Gasteiger partial charge in [-0.15, -0.1) is 0 Å². The second-order valence-corrected chi connectivity index (χ2v) is 1.34. The smallest absolute Gasteiger partial charge is 0.822 e. The maximum Gasteiger partial charge on any atom is 1.00 e. The van der Waals surface area contributed by atoms with E-state index in [1.54, 1.807) is 0 Å². The average Bonchev–Trinajstić information content (AvgIpc) is 0.722. The maximum absolute atomic E-state index is 8.55. The van der Waals surface area contributed by atoms with E-state index >= 15 is 0 Å². The fraction of sp³-hybridized carbons (Fsp3) is 0. The second kappa shape index (κ2) is 30.8. The molecule has 0 heterocycles. The van der Waals surface area contributed by atoms with Gasteiger partial charge in [0.05, 0.1) is 0 Å². The van der Waals surface area contributed by atoms with E-state index in [0.717, 1.165) is 0 Å². The number of phosphoric acid groups is 1. The van der Waals surface area contributed by atoms with Crippen molar-refractivity contribution in [1.29, 1.82) is 0 Å². The first-order valence-corrected chi connectivity index (χ1v) is 2.19. The average molecular weight is 256 g/mol. The molecule has 0 saturated carbocycles. The van der Waals surface area contributed by atoms with Crippen molar-refractivity contribution in [3.63, 3.8) is 0 Å². The Kier molecular flexibility index (Phi) is 131. The van der Waals surface area contributed by atoms with Crippen LogP contribution < -0.4 is 222 Å². The van der Waals surface area contributed by atoms with Gasteiger partial charge in [-0.3, -0.25) is 0 Å². The normalized spacial score (nSPS) is 4.92. The SMILES string of the molecule is O=P([O-])([O-])[O-].[Na+].[Na+].[Na+].[Na+].[Na+].[Na+].[Na+]. The van der Waals surface area contributed by atoms with Gasteiger partial charge in [-0.25, -0.2) is 0 Å². The molecule has 32 valence electrons. The van der Waals surface area contributed by atoms with Gasteiger partial charge in [0.25, 0.3) is 0 Å². The summed E-state index contributed by atoms with van der Waals surface area (Å²) in [7, 11) is -5.39. The Labute approximate surface area is 227 Å². The third-order valence-electron chi connectivity index (χ3n) is 0. The molecular formula is Na7O4P+4. The molecular weight excluding hydrogens is 256 g/mol. The molecule has 0 fully saturated rings. The summed E-state index contributed by atoms with van der Waals surface area (Å²) in [6.07, 6.45) is 0. The van der Waals surface area contributed by atoms with Crippen LogP contribution in [-0.4, -0.2) is 0 Å². The van der Waals surface area contributed by atoms with E-state index in [0.29, 0.717) is 0 Å². The minimum Gasteiger partial charge on any atom is -0.822 e. The molecule has 0 bridgehead atoms. The Morgan fingerprint density at radius 1 is 0.583 bits per heavy atom. The fourth-order valence-corrected chi connectivity index (χ4v) is 0.